The van der Waals surface area contributed by atoms with Gasteiger partial charge < -0.3 is 5.73 Å². The molecule has 1 fully saturated rings. The number of nitrogens with two attached hydrogens (primary N) is 1. The molecule has 0 atom stereocenters. The number of halogens is 1. The van der Waals surface area contributed by atoms with Crippen molar-refractivity contribution >= 4 is 27.0 Å². The van der Waals surface area contributed by atoms with Crippen LogP contribution in [-0.2, 0) is 27.8 Å². The number of pyridine rings is 1. The summed E-state index contributed by atoms with van der Waals surface area (Å²) in [6, 6.07) is 23.5. The van der Waals surface area contributed by atoms with E-state index in [2.05, 4.69) is 22.1 Å². The maximum Gasteiger partial charge on any atom is 0.269 e. The molecule has 7 rings (SSSR count). The zero-order valence-electron chi connectivity index (χ0n) is 27.2. The number of fused-ring (bicyclic) bond motifs is 1. The highest BCUT2D eigenvalue weighted by atomic mass is 32.2. The number of rotatable bonds is 10. The van der Waals surface area contributed by atoms with Crippen molar-refractivity contribution in [1.82, 2.24) is 23.6 Å². The molecule has 0 aliphatic carbocycles. The summed E-state index contributed by atoms with van der Waals surface area (Å²) in [4.78, 5) is 18.4. The van der Waals surface area contributed by atoms with Gasteiger partial charge >= 0.3 is 0 Å². The molecule has 2 N–H and O–H groups in total. The summed E-state index contributed by atoms with van der Waals surface area (Å²) in [5.41, 5.74) is 11.9. The molecule has 9 nitrogen and oxygen atoms in total. The van der Waals surface area contributed by atoms with Crippen molar-refractivity contribution in [3.63, 3.8) is 0 Å². The van der Waals surface area contributed by atoms with E-state index in [4.69, 9.17) is 10.7 Å². The van der Waals surface area contributed by atoms with Crippen molar-refractivity contribution in [2.45, 2.75) is 37.6 Å². The van der Waals surface area contributed by atoms with Crippen LogP contribution in [0.1, 0.15) is 29.5 Å². The van der Waals surface area contributed by atoms with Crippen LogP contribution >= 0.6 is 0 Å². The molecule has 4 heterocycles. The molecule has 0 bridgehead atoms. The molecule has 0 saturated carbocycles. The Morgan fingerprint density at radius 1 is 0.898 bits per heavy atom. The van der Waals surface area contributed by atoms with Crippen LogP contribution in [-0.4, -0.2) is 57.6 Å². The third kappa shape index (κ3) is 7.04. The summed E-state index contributed by atoms with van der Waals surface area (Å²) < 4.78 is 44.8. The van der Waals surface area contributed by atoms with Gasteiger partial charge in [-0.2, -0.15) is 5.10 Å². The van der Waals surface area contributed by atoms with E-state index in [1.165, 1.54) is 21.7 Å². The normalized spacial score (nSPS) is 14.4. The van der Waals surface area contributed by atoms with Crippen molar-refractivity contribution in [1.29, 1.82) is 0 Å². The number of hydrogen-bond donors (Lipinski definition) is 1. The third-order valence-electron chi connectivity index (χ3n) is 9.24. The van der Waals surface area contributed by atoms with Gasteiger partial charge in [0.05, 0.1) is 24.2 Å². The SMILES string of the molecule is Cc1ccc(S(=O)(=O)n2cc(-c3cnn(Cc4cccc(F)c4)c3)c3cc(-c4cccc(CC5CCN(CC(N)=O)CC5)c4)cnc32)cc1. The van der Waals surface area contributed by atoms with E-state index < -0.39 is 10.0 Å². The number of hydrogen-bond acceptors (Lipinski definition) is 6. The Morgan fingerprint density at radius 2 is 1.65 bits per heavy atom. The van der Waals surface area contributed by atoms with Gasteiger partial charge in [0, 0.05) is 40.7 Å². The Balaban J connectivity index is 1.24. The predicted octanol–water partition coefficient (Wildman–Crippen LogP) is 6.04. The summed E-state index contributed by atoms with van der Waals surface area (Å²) in [5, 5.41) is 5.19. The first kappa shape index (κ1) is 32.4. The summed E-state index contributed by atoms with van der Waals surface area (Å²) >= 11 is 0. The van der Waals surface area contributed by atoms with Gasteiger partial charge in [-0.25, -0.2) is 21.8 Å². The average molecular weight is 677 g/mol. The first-order valence-electron chi connectivity index (χ1n) is 16.3. The highest BCUT2D eigenvalue weighted by Crippen LogP contribution is 2.35. The van der Waals surface area contributed by atoms with Gasteiger partial charge in [0.1, 0.15) is 5.82 Å². The zero-order chi connectivity index (χ0) is 34.1. The minimum atomic E-state index is -3.97. The summed E-state index contributed by atoms with van der Waals surface area (Å²) in [7, 11) is -3.97. The molecule has 3 aromatic heterocycles. The van der Waals surface area contributed by atoms with E-state index in [1.54, 1.807) is 53.6 Å². The second-order valence-electron chi connectivity index (χ2n) is 12.9. The standard InChI is InChI=1S/C38H37FN6O3S/c1-26-8-10-34(11-9-26)49(47,48)45-24-36(32-21-42-44(23-32)22-29-5-3-7-33(39)18-29)35-19-31(20-41-38(35)45)30-6-2-4-28(17-30)16-27-12-14-43(15-13-27)25-37(40)46/h2-11,17-21,23-24,27H,12-16,22,25H2,1H3,(H2,40,46). The van der Waals surface area contributed by atoms with Crippen molar-refractivity contribution < 1.29 is 17.6 Å². The van der Waals surface area contributed by atoms with Crippen molar-refractivity contribution in [2.75, 3.05) is 19.6 Å². The van der Waals surface area contributed by atoms with Gasteiger partial charge in [0.2, 0.25) is 5.91 Å². The molecule has 3 aromatic carbocycles. The molecule has 1 aliphatic rings. The molecular weight excluding hydrogens is 640 g/mol. The lowest BCUT2D eigenvalue weighted by molar-refractivity contribution is -0.119. The maximum atomic E-state index is 14.0. The van der Waals surface area contributed by atoms with Crippen LogP contribution in [0.5, 0.6) is 0 Å². The summed E-state index contributed by atoms with van der Waals surface area (Å²) in [5.74, 6) is -0.0975. The van der Waals surface area contributed by atoms with Crippen LogP contribution < -0.4 is 5.73 Å². The topological polar surface area (TPSA) is 116 Å². The molecule has 1 amide bonds. The summed E-state index contributed by atoms with van der Waals surface area (Å²) in [6.07, 6.45) is 9.80. The Morgan fingerprint density at radius 3 is 2.41 bits per heavy atom. The van der Waals surface area contributed by atoms with E-state index >= 15 is 0 Å². The van der Waals surface area contributed by atoms with Crippen LogP contribution in [0.4, 0.5) is 4.39 Å². The number of carbonyl (C=O) groups is 1. The van der Waals surface area contributed by atoms with Gasteiger partial charge in [-0.05, 0) is 92.2 Å². The lowest BCUT2D eigenvalue weighted by Crippen LogP contribution is -2.39. The first-order chi connectivity index (χ1) is 23.6. The van der Waals surface area contributed by atoms with Gasteiger partial charge in [0.15, 0.2) is 5.65 Å². The molecule has 1 saturated heterocycles. The Labute approximate surface area is 284 Å². The predicted molar refractivity (Wildman–Crippen MR) is 188 cm³/mol. The number of aromatic nitrogens is 4. The summed E-state index contributed by atoms with van der Waals surface area (Å²) in [6.45, 7) is 4.30. The van der Waals surface area contributed by atoms with Gasteiger partial charge in [-0.1, -0.05) is 54.1 Å². The van der Waals surface area contributed by atoms with Gasteiger partial charge in [-0.15, -0.1) is 0 Å². The van der Waals surface area contributed by atoms with Gasteiger partial charge in [0.25, 0.3) is 10.0 Å². The number of primary amides is 1. The maximum absolute atomic E-state index is 14.0. The highest BCUT2D eigenvalue weighted by Gasteiger charge is 2.25. The van der Waals surface area contributed by atoms with E-state index in [-0.39, 0.29) is 16.6 Å². The third-order valence-corrected chi connectivity index (χ3v) is 10.9. The van der Waals surface area contributed by atoms with E-state index in [9.17, 15) is 17.6 Å². The molecule has 11 heteroatoms. The minimum Gasteiger partial charge on any atom is -0.369 e. The fourth-order valence-corrected chi connectivity index (χ4v) is 7.99. The van der Waals surface area contributed by atoms with E-state index in [0.29, 0.717) is 35.6 Å². The monoisotopic (exact) mass is 676 g/mol. The average Bonchev–Trinajstić information content (AvgIpc) is 3.70. The molecule has 6 aromatic rings. The quantitative estimate of drug-likeness (QED) is 0.189. The van der Waals surface area contributed by atoms with E-state index in [0.717, 1.165) is 60.2 Å². The molecule has 0 unspecified atom stereocenters. The van der Waals surface area contributed by atoms with Crippen LogP contribution in [0, 0.1) is 18.7 Å². The fraction of sp³-hybridized carbons (Fsp3) is 0.237. The second kappa shape index (κ2) is 13.4. The molecule has 250 valence electrons. The second-order valence-corrected chi connectivity index (χ2v) is 14.7. The van der Waals surface area contributed by atoms with Crippen molar-refractivity contribution in [3.05, 3.63) is 126 Å². The Bertz CT molecular complexity index is 2250. The smallest absolute Gasteiger partial charge is 0.269 e. The van der Waals surface area contributed by atoms with Gasteiger partial charge in [-0.3, -0.25) is 14.4 Å². The number of amides is 1. The molecule has 0 radical (unpaired) electrons. The number of likely N-dealkylation sites (tertiary alicyclic amines) is 1. The lowest BCUT2D eigenvalue weighted by atomic mass is 9.89. The number of benzene rings is 3. The largest absolute Gasteiger partial charge is 0.369 e. The number of piperidine rings is 1. The van der Waals surface area contributed by atoms with Crippen LogP contribution in [0.3, 0.4) is 0 Å². The Kier molecular flexibility index (Phi) is 8.87. The molecule has 1 aliphatic heterocycles. The van der Waals surface area contributed by atoms with Crippen LogP contribution in [0.25, 0.3) is 33.3 Å². The molecule has 0 spiro atoms. The zero-order valence-corrected chi connectivity index (χ0v) is 28.0. The molecule has 49 heavy (non-hydrogen) atoms. The molecular formula is C38H37FN6O3S. The van der Waals surface area contributed by atoms with E-state index in [1.807, 2.05) is 37.4 Å². The van der Waals surface area contributed by atoms with Crippen molar-refractivity contribution in [2.24, 2.45) is 11.7 Å². The number of aryl methyl sites for hydroxylation is 1. The van der Waals surface area contributed by atoms with Crippen molar-refractivity contribution in [3.8, 4) is 22.3 Å². The minimum absolute atomic E-state index is 0.169. The number of nitrogens with zero attached hydrogens (tertiary/aromatic N) is 5. The first-order valence-corrected chi connectivity index (χ1v) is 17.8. The number of carbonyl (C=O) groups excluding carboxylic acids is 1. The van der Waals surface area contributed by atoms with Crippen LogP contribution in [0.15, 0.2) is 109 Å². The Hall–Kier alpha value is -5.13. The highest BCUT2D eigenvalue weighted by molar-refractivity contribution is 7.90. The lowest BCUT2D eigenvalue weighted by Gasteiger charge is -2.31. The fourth-order valence-electron chi connectivity index (χ4n) is 6.67. The van der Waals surface area contributed by atoms with Crippen LogP contribution in [0.2, 0.25) is 0 Å².